The zero-order chi connectivity index (χ0) is 13.8. The molecule has 1 heterocycles. The topological polar surface area (TPSA) is 46.2 Å². The number of alkyl halides is 3. The molecule has 0 aromatic rings. The van der Waals surface area contributed by atoms with Crippen molar-refractivity contribution >= 4 is 9.84 Å². The summed E-state index contributed by atoms with van der Waals surface area (Å²) in [5, 5.41) is 2.24. The van der Waals surface area contributed by atoms with Crippen LogP contribution in [0.4, 0.5) is 13.2 Å². The lowest BCUT2D eigenvalue weighted by molar-refractivity contribution is -0.136. The van der Waals surface area contributed by atoms with Gasteiger partial charge in [-0.05, 0) is 25.8 Å². The Kier molecular flexibility index (Phi) is 5.46. The van der Waals surface area contributed by atoms with Gasteiger partial charge in [-0.25, -0.2) is 8.42 Å². The van der Waals surface area contributed by atoms with Gasteiger partial charge in [0.25, 0.3) is 0 Å². The summed E-state index contributed by atoms with van der Waals surface area (Å²) in [6.07, 6.45) is -3.46. The molecule has 108 valence electrons. The lowest BCUT2D eigenvalue weighted by Gasteiger charge is -2.30. The molecule has 1 saturated heterocycles. The van der Waals surface area contributed by atoms with Gasteiger partial charge in [0.2, 0.25) is 0 Å². The maximum Gasteiger partial charge on any atom is 0.389 e. The van der Waals surface area contributed by atoms with Gasteiger partial charge in [0.1, 0.15) is 0 Å². The van der Waals surface area contributed by atoms with Crippen molar-refractivity contribution in [2.24, 2.45) is 0 Å². The minimum atomic E-state index is -4.23. The Morgan fingerprint density at radius 2 is 2.00 bits per heavy atom. The molecule has 1 N–H and O–H groups in total. The molecule has 1 aliphatic rings. The second kappa shape index (κ2) is 6.23. The van der Waals surface area contributed by atoms with Crippen LogP contribution in [-0.2, 0) is 9.84 Å². The van der Waals surface area contributed by atoms with E-state index >= 15 is 0 Å². The van der Waals surface area contributed by atoms with E-state index in [4.69, 9.17) is 0 Å². The maximum atomic E-state index is 12.2. The van der Waals surface area contributed by atoms with Crippen molar-refractivity contribution in [3.05, 3.63) is 0 Å². The van der Waals surface area contributed by atoms with E-state index in [9.17, 15) is 21.6 Å². The van der Waals surface area contributed by atoms with Crippen molar-refractivity contribution in [1.82, 2.24) is 5.32 Å². The SMILES string of the molecule is CCNC(CCC(F)(F)F)C1CCCCS1(=O)=O. The van der Waals surface area contributed by atoms with Gasteiger partial charge in [-0.15, -0.1) is 0 Å². The first-order valence-corrected chi connectivity index (χ1v) is 7.99. The number of halogens is 3. The molecule has 0 spiro atoms. The summed E-state index contributed by atoms with van der Waals surface area (Å²) in [7, 11) is -3.24. The zero-order valence-corrected chi connectivity index (χ0v) is 11.3. The Balaban J connectivity index is 2.71. The normalized spacial score (nSPS) is 25.9. The van der Waals surface area contributed by atoms with E-state index in [2.05, 4.69) is 5.32 Å². The van der Waals surface area contributed by atoms with E-state index in [1.807, 2.05) is 0 Å². The predicted octanol–water partition coefficient (Wildman–Crippen LogP) is 2.27. The minimum absolute atomic E-state index is 0.103. The summed E-state index contributed by atoms with van der Waals surface area (Å²) in [5.41, 5.74) is 0. The third kappa shape index (κ3) is 4.76. The predicted molar refractivity (Wildman–Crippen MR) is 64.2 cm³/mol. The van der Waals surface area contributed by atoms with Crippen LogP contribution in [0.5, 0.6) is 0 Å². The van der Waals surface area contributed by atoms with Crippen molar-refractivity contribution in [1.29, 1.82) is 0 Å². The highest BCUT2D eigenvalue weighted by atomic mass is 32.2. The molecule has 2 atom stereocenters. The summed E-state index contributed by atoms with van der Waals surface area (Å²) >= 11 is 0. The number of sulfone groups is 1. The maximum absolute atomic E-state index is 12.2. The number of hydrogen-bond acceptors (Lipinski definition) is 3. The molecule has 1 aliphatic heterocycles. The van der Waals surface area contributed by atoms with Gasteiger partial charge < -0.3 is 5.32 Å². The van der Waals surface area contributed by atoms with E-state index in [0.29, 0.717) is 19.4 Å². The van der Waals surface area contributed by atoms with Crippen LogP contribution in [0.2, 0.25) is 0 Å². The highest BCUT2D eigenvalue weighted by Gasteiger charge is 2.37. The van der Waals surface area contributed by atoms with Gasteiger partial charge in [0.05, 0.1) is 11.0 Å². The van der Waals surface area contributed by atoms with Crippen molar-refractivity contribution in [2.75, 3.05) is 12.3 Å². The van der Waals surface area contributed by atoms with Gasteiger partial charge in [0.15, 0.2) is 9.84 Å². The van der Waals surface area contributed by atoms with Crippen molar-refractivity contribution < 1.29 is 21.6 Å². The molecule has 0 bridgehead atoms. The van der Waals surface area contributed by atoms with Gasteiger partial charge in [-0.1, -0.05) is 13.3 Å². The highest BCUT2D eigenvalue weighted by molar-refractivity contribution is 7.92. The molecule has 0 amide bonds. The van der Waals surface area contributed by atoms with E-state index in [0.717, 1.165) is 6.42 Å². The Morgan fingerprint density at radius 3 is 2.50 bits per heavy atom. The lowest BCUT2D eigenvalue weighted by Crippen LogP contribution is -2.47. The number of nitrogens with one attached hydrogen (secondary N) is 1. The summed E-state index contributed by atoms with van der Waals surface area (Å²) in [6.45, 7) is 2.25. The first-order chi connectivity index (χ1) is 8.26. The third-order valence-corrected chi connectivity index (χ3v) is 5.63. The smallest absolute Gasteiger partial charge is 0.313 e. The Bertz CT molecular complexity index is 354. The monoisotopic (exact) mass is 287 g/mol. The quantitative estimate of drug-likeness (QED) is 0.844. The average Bonchev–Trinajstić information content (AvgIpc) is 2.23. The van der Waals surface area contributed by atoms with Crippen LogP contribution in [0, 0.1) is 0 Å². The largest absolute Gasteiger partial charge is 0.389 e. The average molecular weight is 287 g/mol. The van der Waals surface area contributed by atoms with Crippen LogP contribution in [-0.4, -0.2) is 38.2 Å². The van der Waals surface area contributed by atoms with Crippen LogP contribution in [0.15, 0.2) is 0 Å². The summed E-state index contributed by atoms with van der Waals surface area (Å²) in [6, 6.07) is -0.582. The van der Waals surface area contributed by atoms with Crippen molar-refractivity contribution in [3.63, 3.8) is 0 Å². The van der Waals surface area contributed by atoms with E-state index in [-0.39, 0.29) is 12.2 Å². The van der Waals surface area contributed by atoms with E-state index < -0.39 is 33.7 Å². The first kappa shape index (κ1) is 15.8. The molecule has 0 aliphatic carbocycles. The van der Waals surface area contributed by atoms with Crippen LogP contribution in [0.3, 0.4) is 0 Å². The fraction of sp³-hybridized carbons (Fsp3) is 1.00. The molecule has 7 heteroatoms. The molecule has 1 fully saturated rings. The fourth-order valence-corrected chi connectivity index (χ4v) is 4.60. The molecule has 18 heavy (non-hydrogen) atoms. The lowest BCUT2D eigenvalue weighted by atomic mass is 10.0. The minimum Gasteiger partial charge on any atom is -0.313 e. The zero-order valence-electron chi connectivity index (χ0n) is 10.5. The molecule has 0 saturated carbocycles. The van der Waals surface area contributed by atoms with Crippen LogP contribution in [0.1, 0.15) is 39.0 Å². The third-order valence-electron chi connectivity index (χ3n) is 3.28. The van der Waals surface area contributed by atoms with Crippen LogP contribution in [0.25, 0.3) is 0 Å². The second-order valence-electron chi connectivity index (χ2n) is 4.72. The van der Waals surface area contributed by atoms with E-state index in [1.54, 1.807) is 6.92 Å². The van der Waals surface area contributed by atoms with Gasteiger partial charge in [-0.2, -0.15) is 13.2 Å². The Morgan fingerprint density at radius 1 is 1.33 bits per heavy atom. The molecule has 3 nitrogen and oxygen atoms in total. The number of rotatable bonds is 5. The van der Waals surface area contributed by atoms with Crippen LogP contribution >= 0.6 is 0 Å². The van der Waals surface area contributed by atoms with Gasteiger partial charge in [0, 0.05) is 12.5 Å². The summed E-state index contributed by atoms with van der Waals surface area (Å²) < 4.78 is 60.5. The molecular formula is C11H20F3NO2S. The van der Waals surface area contributed by atoms with Crippen molar-refractivity contribution in [2.45, 2.75) is 56.5 Å². The standard InChI is InChI=1S/C11H20F3NO2S/c1-2-15-9(6-7-11(12,13)14)10-5-3-4-8-18(10,16)17/h9-10,15H,2-8H2,1H3. The Hall–Kier alpha value is -0.300. The van der Waals surface area contributed by atoms with Crippen molar-refractivity contribution in [3.8, 4) is 0 Å². The molecule has 1 rings (SSSR count). The van der Waals surface area contributed by atoms with E-state index in [1.165, 1.54) is 0 Å². The second-order valence-corrected chi connectivity index (χ2v) is 7.06. The van der Waals surface area contributed by atoms with Crippen LogP contribution < -0.4 is 5.32 Å². The molecule has 0 aromatic carbocycles. The summed E-state index contributed by atoms with van der Waals surface area (Å²) in [5.74, 6) is 0.103. The van der Waals surface area contributed by atoms with Gasteiger partial charge in [-0.3, -0.25) is 0 Å². The highest BCUT2D eigenvalue weighted by Crippen LogP contribution is 2.28. The Labute approximate surface area is 106 Å². The number of hydrogen-bond donors (Lipinski definition) is 1. The van der Waals surface area contributed by atoms with Gasteiger partial charge >= 0.3 is 6.18 Å². The fourth-order valence-electron chi connectivity index (χ4n) is 2.43. The first-order valence-electron chi connectivity index (χ1n) is 6.28. The molecule has 0 aromatic heterocycles. The molecule has 2 unspecified atom stereocenters. The summed E-state index contributed by atoms with van der Waals surface area (Å²) in [4.78, 5) is 0. The molecular weight excluding hydrogens is 267 g/mol. The molecule has 0 radical (unpaired) electrons.